The summed E-state index contributed by atoms with van der Waals surface area (Å²) in [5, 5.41) is 3.45. The standard InChI is InChI=1S/C18H19N/c1-3-13(2)12-19-16-8-9-18-15(11-16)10-14-6-4-5-7-17(14)18/h4-9,11,19H,2-3,10,12H2,1H3. The third kappa shape index (κ3) is 2.28. The average Bonchev–Trinajstić information content (AvgIpc) is 2.82. The fourth-order valence-electron chi connectivity index (χ4n) is 2.61. The summed E-state index contributed by atoms with van der Waals surface area (Å²) in [4.78, 5) is 0. The van der Waals surface area contributed by atoms with E-state index in [2.05, 4.69) is 61.3 Å². The molecule has 0 bridgehead atoms. The van der Waals surface area contributed by atoms with Crippen LogP contribution in [0.4, 0.5) is 5.69 Å². The summed E-state index contributed by atoms with van der Waals surface area (Å²) < 4.78 is 0. The summed E-state index contributed by atoms with van der Waals surface area (Å²) in [7, 11) is 0. The summed E-state index contributed by atoms with van der Waals surface area (Å²) in [5.74, 6) is 0. The molecule has 3 rings (SSSR count). The molecule has 2 aromatic carbocycles. The van der Waals surface area contributed by atoms with Crippen molar-refractivity contribution in [3.8, 4) is 11.1 Å². The SMILES string of the molecule is C=C(CC)CNc1ccc2c(c1)Cc1ccccc1-2. The second-order valence-corrected chi connectivity index (χ2v) is 5.16. The minimum absolute atomic E-state index is 0.863. The van der Waals surface area contributed by atoms with Gasteiger partial charge < -0.3 is 5.32 Å². The Balaban J connectivity index is 1.83. The molecule has 1 aliphatic carbocycles. The Morgan fingerprint density at radius 1 is 1.11 bits per heavy atom. The second kappa shape index (κ2) is 4.93. The normalized spacial score (nSPS) is 11.8. The lowest BCUT2D eigenvalue weighted by atomic mass is 10.1. The molecule has 1 aliphatic rings. The Kier molecular flexibility index (Phi) is 3.12. The Labute approximate surface area is 115 Å². The van der Waals surface area contributed by atoms with E-state index >= 15 is 0 Å². The maximum Gasteiger partial charge on any atom is 0.0357 e. The van der Waals surface area contributed by atoms with Gasteiger partial charge in [0.2, 0.25) is 0 Å². The van der Waals surface area contributed by atoms with E-state index in [1.165, 1.54) is 33.5 Å². The molecular weight excluding hydrogens is 230 g/mol. The van der Waals surface area contributed by atoms with E-state index in [9.17, 15) is 0 Å². The van der Waals surface area contributed by atoms with Crippen LogP contribution in [0.1, 0.15) is 24.5 Å². The smallest absolute Gasteiger partial charge is 0.0357 e. The Morgan fingerprint density at radius 3 is 2.74 bits per heavy atom. The van der Waals surface area contributed by atoms with Crippen molar-refractivity contribution in [3.05, 3.63) is 65.7 Å². The lowest BCUT2D eigenvalue weighted by Crippen LogP contribution is -2.03. The summed E-state index contributed by atoms with van der Waals surface area (Å²) in [6.07, 6.45) is 2.08. The molecule has 1 heteroatoms. The summed E-state index contributed by atoms with van der Waals surface area (Å²) in [6.45, 7) is 7.04. The van der Waals surface area contributed by atoms with E-state index in [0.29, 0.717) is 0 Å². The average molecular weight is 249 g/mol. The van der Waals surface area contributed by atoms with Crippen molar-refractivity contribution in [3.63, 3.8) is 0 Å². The quantitative estimate of drug-likeness (QED) is 0.664. The van der Waals surface area contributed by atoms with Gasteiger partial charge in [0.15, 0.2) is 0 Å². The zero-order valence-corrected chi connectivity index (χ0v) is 11.4. The summed E-state index contributed by atoms with van der Waals surface area (Å²) in [5.41, 5.74) is 8.07. The summed E-state index contributed by atoms with van der Waals surface area (Å²) in [6, 6.07) is 15.4. The van der Waals surface area contributed by atoms with Gasteiger partial charge >= 0.3 is 0 Å². The topological polar surface area (TPSA) is 12.0 Å². The molecule has 0 spiro atoms. The number of fused-ring (bicyclic) bond motifs is 3. The number of nitrogens with one attached hydrogen (secondary N) is 1. The third-order valence-corrected chi connectivity index (χ3v) is 3.84. The van der Waals surface area contributed by atoms with Gasteiger partial charge in [-0.2, -0.15) is 0 Å². The van der Waals surface area contributed by atoms with Gasteiger partial charge in [-0.3, -0.25) is 0 Å². The molecule has 0 unspecified atom stereocenters. The molecule has 0 fully saturated rings. The van der Waals surface area contributed by atoms with E-state index < -0.39 is 0 Å². The molecule has 1 N–H and O–H groups in total. The third-order valence-electron chi connectivity index (χ3n) is 3.84. The second-order valence-electron chi connectivity index (χ2n) is 5.16. The van der Waals surface area contributed by atoms with Crippen LogP contribution in [0.2, 0.25) is 0 Å². The van der Waals surface area contributed by atoms with Gasteiger partial charge in [0, 0.05) is 12.2 Å². The molecule has 0 aliphatic heterocycles. The highest BCUT2D eigenvalue weighted by Gasteiger charge is 2.17. The van der Waals surface area contributed by atoms with Crippen LogP contribution in [0.15, 0.2) is 54.6 Å². The van der Waals surface area contributed by atoms with Crippen LogP contribution in [-0.2, 0) is 6.42 Å². The molecule has 96 valence electrons. The van der Waals surface area contributed by atoms with E-state index in [1.807, 2.05) is 0 Å². The Bertz CT molecular complexity index is 625. The monoisotopic (exact) mass is 249 g/mol. The lowest BCUT2D eigenvalue weighted by molar-refractivity contribution is 1.05. The van der Waals surface area contributed by atoms with Crippen molar-refractivity contribution in [1.29, 1.82) is 0 Å². The zero-order chi connectivity index (χ0) is 13.2. The highest BCUT2D eigenvalue weighted by atomic mass is 14.9. The first-order chi connectivity index (χ1) is 9.28. The van der Waals surface area contributed by atoms with Crippen LogP contribution in [-0.4, -0.2) is 6.54 Å². The van der Waals surface area contributed by atoms with Crippen molar-refractivity contribution in [1.82, 2.24) is 0 Å². The van der Waals surface area contributed by atoms with Crippen LogP contribution in [0, 0.1) is 0 Å². The molecule has 19 heavy (non-hydrogen) atoms. The molecule has 0 radical (unpaired) electrons. The Morgan fingerprint density at radius 2 is 1.89 bits per heavy atom. The molecule has 2 aromatic rings. The largest absolute Gasteiger partial charge is 0.381 e. The van der Waals surface area contributed by atoms with Crippen LogP contribution < -0.4 is 5.32 Å². The fourth-order valence-corrected chi connectivity index (χ4v) is 2.61. The first-order valence-electron chi connectivity index (χ1n) is 6.89. The minimum Gasteiger partial charge on any atom is -0.381 e. The molecule has 0 saturated carbocycles. The molecule has 0 heterocycles. The molecular formula is C18H19N. The van der Waals surface area contributed by atoms with E-state index in [0.717, 1.165) is 19.4 Å². The van der Waals surface area contributed by atoms with Crippen LogP contribution in [0.3, 0.4) is 0 Å². The van der Waals surface area contributed by atoms with E-state index in [-0.39, 0.29) is 0 Å². The predicted octanol–water partition coefficient (Wildman–Crippen LogP) is 4.64. The fraction of sp³-hybridized carbons (Fsp3) is 0.222. The molecule has 0 amide bonds. The summed E-state index contributed by atoms with van der Waals surface area (Å²) >= 11 is 0. The molecule has 0 atom stereocenters. The van der Waals surface area contributed by atoms with Gasteiger partial charge in [-0.15, -0.1) is 0 Å². The van der Waals surface area contributed by atoms with Crippen LogP contribution in [0.25, 0.3) is 11.1 Å². The highest BCUT2D eigenvalue weighted by molar-refractivity contribution is 5.78. The first kappa shape index (κ1) is 12.0. The first-order valence-corrected chi connectivity index (χ1v) is 6.89. The van der Waals surface area contributed by atoms with Crippen molar-refractivity contribution in [2.24, 2.45) is 0 Å². The minimum atomic E-state index is 0.863. The van der Waals surface area contributed by atoms with E-state index in [1.54, 1.807) is 0 Å². The highest BCUT2D eigenvalue weighted by Crippen LogP contribution is 2.37. The van der Waals surface area contributed by atoms with E-state index in [4.69, 9.17) is 0 Å². The van der Waals surface area contributed by atoms with Gasteiger partial charge in [0.25, 0.3) is 0 Å². The lowest BCUT2D eigenvalue weighted by Gasteiger charge is -2.09. The number of rotatable bonds is 4. The van der Waals surface area contributed by atoms with Crippen molar-refractivity contribution in [2.45, 2.75) is 19.8 Å². The maximum absolute atomic E-state index is 4.03. The van der Waals surface area contributed by atoms with Crippen molar-refractivity contribution >= 4 is 5.69 Å². The van der Waals surface area contributed by atoms with Crippen molar-refractivity contribution in [2.75, 3.05) is 11.9 Å². The molecule has 1 nitrogen and oxygen atoms in total. The van der Waals surface area contributed by atoms with Gasteiger partial charge in [-0.05, 0) is 47.2 Å². The number of anilines is 1. The maximum atomic E-state index is 4.03. The van der Waals surface area contributed by atoms with Crippen LogP contribution in [0.5, 0.6) is 0 Å². The van der Waals surface area contributed by atoms with Gasteiger partial charge in [-0.25, -0.2) is 0 Å². The molecule has 0 saturated heterocycles. The van der Waals surface area contributed by atoms with Gasteiger partial charge in [0.05, 0.1) is 0 Å². The Hall–Kier alpha value is -2.02. The number of hydrogen-bond donors (Lipinski definition) is 1. The van der Waals surface area contributed by atoms with Gasteiger partial charge in [-0.1, -0.05) is 49.4 Å². The number of benzene rings is 2. The van der Waals surface area contributed by atoms with Crippen molar-refractivity contribution < 1.29 is 0 Å². The van der Waals surface area contributed by atoms with Crippen LogP contribution >= 0.6 is 0 Å². The zero-order valence-electron chi connectivity index (χ0n) is 11.4. The predicted molar refractivity (Wildman–Crippen MR) is 82.6 cm³/mol. The number of hydrogen-bond acceptors (Lipinski definition) is 1. The molecule has 0 aromatic heterocycles. The van der Waals surface area contributed by atoms with Gasteiger partial charge in [0.1, 0.15) is 0 Å².